The molecule has 1 aromatic carbocycles. The molecular formula is C8H8N4. The third-order valence-corrected chi connectivity index (χ3v) is 1.58. The lowest BCUT2D eigenvalue weighted by Crippen LogP contribution is -2.11. The standard InChI is InChI=1S/C8H8N4/c9-12-10-6-8(11-12)7-4-2-1-3-5-7/h1-6H,9H2. The molecule has 12 heavy (non-hydrogen) atoms. The molecule has 0 saturated heterocycles. The third-order valence-electron chi connectivity index (χ3n) is 1.58. The Kier molecular flexibility index (Phi) is 1.51. The van der Waals surface area contributed by atoms with Crippen LogP contribution in [0.2, 0.25) is 0 Å². The van der Waals surface area contributed by atoms with Gasteiger partial charge in [-0.05, 0) is 0 Å². The Morgan fingerprint density at radius 1 is 1.17 bits per heavy atom. The first-order chi connectivity index (χ1) is 5.86. The van der Waals surface area contributed by atoms with E-state index in [0.717, 1.165) is 16.2 Å². The lowest BCUT2D eigenvalue weighted by atomic mass is 10.2. The molecule has 0 aliphatic rings. The average molecular weight is 160 g/mol. The molecule has 2 aromatic rings. The number of nitrogen functional groups attached to an aromatic ring is 1. The monoisotopic (exact) mass is 160 g/mol. The number of hydrogen-bond acceptors (Lipinski definition) is 3. The molecule has 4 nitrogen and oxygen atoms in total. The first-order valence-corrected chi connectivity index (χ1v) is 3.59. The molecule has 1 heterocycles. The summed E-state index contributed by atoms with van der Waals surface area (Å²) in [4.78, 5) is 1.06. The smallest absolute Gasteiger partial charge is 0.115 e. The van der Waals surface area contributed by atoms with E-state index in [1.54, 1.807) is 6.20 Å². The topological polar surface area (TPSA) is 56.7 Å². The van der Waals surface area contributed by atoms with Crippen LogP contribution in [0.3, 0.4) is 0 Å². The Morgan fingerprint density at radius 2 is 1.92 bits per heavy atom. The van der Waals surface area contributed by atoms with Crippen molar-refractivity contribution >= 4 is 0 Å². The highest BCUT2D eigenvalue weighted by molar-refractivity contribution is 5.56. The zero-order valence-electron chi connectivity index (χ0n) is 6.38. The summed E-state index contributed by atoms with van der Waals surface area (Å²) in [5.41, 5.74) is 1.81. The van der Waals surface area contributed by atoms with Gasteiger partial charge >= 0.3 is 0 Å². The highest BCUT2D eigenvalue weighted by Crippen LogP contribution is 2.13. The van der Waals surface area contributed by atoms with E-state index >= 15 is 0 Å². The highest BCUT2D eigenvalue weighted by Gasteiger charge is 1.99. The lowest BCUT2D eigenvalue weighted by molar-refractivity contribution is 0.709. The Bertz CT molecular complexity index is 366. The number of benzene rings is 1. The van der Waals surface area contributed by atoms with E-state index in [1.165, 1.54) is 0 Å². The van der Waals surface area contributed by atoms with Crippen molar-refractivity contribution in [2.45, 2.75) is 0 Å². The van der Waals surface area contributed by atoms with Crippen LogP contribution in [-0.2, 0) is 0 Å². The number of nitrogens with two attached hydrogens (primary N) is 1. The second-order valence-corrected chi connectivity index (χ2v) is 2.42. The fourth-order valence-electron chi connectivity index (χ4n) is 1.02. The predicted molar refractivity (Wildman–Crippen MR) is 45.6 cm³/mol. The minimum atomic E-state index is 0.790. The normalized spacial score (nSPS) is 10.0. The first-order valence-electron chi connectivity index (χ1n) is 3.59. The Hall–Kier alpha value is -1.84. The summed E-state index contributed by atoms with van der Waals surface area (Å²) in [6, 6.07) is 9.78. The molecule has 0 atom stereocenters. The van der Waals surface area contributed by atoms with E-state index in [9.17, 15) is 0 Å². The van der Waals surface area contributed by atoms with Crippen LogP contribution in [0, 0.1) is 0 Å². The molecule has 0 aliphatic heterocycles. The van der Waals surface area contributed by atoms with Crippen molar-refractivity contribution in [2.24, 2.45) is 0 Å². The number of rotatable bonds is 1. The molecule has 0 saturated carbocycles. The molecule has 0 amide bonds. The van der Waals surface area contributed by atoms with Gasteiger partial charge in [-0.15, -0.1) is 10.2 Å². The van der Waals surface area contributed by atoms with Gasteiger partial charge in [0.15, 0.2) is 0 Å². The van der Waals surface area contributed by atoms with Gasteiger partial charge in [0, 0.05) is 5.56 Å². The molecule has 2 rings (SSSR count). The predicted octanol–water partition coefficient (Wildman–Crippen LogP) is 0.659. The average Bonchev–Trinajstić information content (AvgIpc) is 2.54. The molecule has 4 heteroatoms. The van der Waals surface area contributed by atoms with Crippen molar-refractivity contribution in [3.05, 3.63) is 36.5 Å². The molecule has 0 fully saturated rings. The molecule has 0 spiro atoms. The van der Waals surface area contributed by atoms with Gasteiger partial charge in [-0.3, -0.25) is 0 Å². The van der Waals surface area contributed by atoms with Gasteiger partial charge in [-0.2, -0.15) is 0 Å². The molecule has 0 bridgehead atoms. The Balaban J connectivity index is 2.45. The van der Waals surface area contributed by atoms with Crippen molar-refractivity contribution in [1.29, 1.82) is 0 Å². The maximum Gasteiger partial charge on any atom is 0.115 e. The number of hydrogen-bond donors (Lipinski definition) is 1. The quantitative estimate of drug-likeness (QED) is 0.623. The minimum Gasteiger partial charge on any atom is -0.306 e. The van der Waals surface area contributed by atoms with E-state index < -0.39 is 0 Å². The van der Waals surface area contributed by atoms with E-state index in [4.69, 9.17) is 5.84 Å². The largest absolute Gasteiger partial charge is 0.306 e. The summed E-state index contributed by atoms with van der Waals surface area (Å²) < 4.78 is 0. The summed E-state index contributed by atoms with van der Waals surface area (Å²) in [5, 5.41) is 7.74. The van der Waals surface area contributed by atoms with Crippen molar-refractivity contribution in [1.82, 2.24) is 15.1 Å². The minimum absolute atomic E-state index is 0.790. The molecule has 2 N–H and O–H groups in total. The van der Waals surface area contributed by atoms with E-state index in [-0.39, 0.29) is 0 Å². The van der Waals surface area contributed by atoms with Crippen LogP contribution in [-0.4, -0.2) is 15.1 Å². The maximum absolute atomic E-state index is 5.31. The second-order valence-electron chi connectivity index (χ2n) is 2.42. The van der Waals surface area contributed by atoms with Crippen molar-refractivity contribution in [3.8, 4) is 11.3 Å². The SMILES string of the molecule is Nn1ncc(-c2ccccc2)n1. The number of nitrogens with zero attached hydrogens (tertiary/aromatic N) is 3. The van der Waals surface area contributed by atoms with Crippen LogP contribution in [0.25, 0.3) is 11.3 Å². The Morgan fingerprint density at radius 3 is 2.50 bits per heavy atom. The van der Waals surface area contributed by atoms with Gasteiger partial charge in [0.1, 0.15) is 5.69 Å². The van der Waals surface area contributed by atoms with Crippen LogP contribution < -0.4 is 5.84 Å². The van der Waals surface area contributed by atoms with Crippen LogP contribution in [0.4, 0.5) is 0 Å². The lowest BCUT2D eigenvalue weighted by Gasteiger charge is -1.91. The van der Waals surface area contributed by atoms with Crippen LogP contribution in [0.15, 0.2) is 36.5 Å². The zero-order chi connectivity index (χ0) is 8.39. The van der Waals surface area contributed by atoms with E-state index in [0.29, 0.717) is 0 Å². The van der Waals surface area contributed by atoms with Gasteiger partial charge in [0.2, 0.25) is 0 Å². The van der Waals surface area contributed by atoms with Gasteiger partial charge < -0.3 is 5.84 Å². The zero-order valence-corrected chi connectivity index (χ0v) is 6.38. The van der Waals surface area contributed by atoms with Gasteiger partial charge in [-0.1, -0.05) is 35.2 Å². The summed E-state index contributed by atoms with van der Waals surface area (Å²) in [5.74, 6) is 5.31. The molecule has 0 aliphatic carbocycles. The highest BCUT2D eigenvalue weighted by atomic mass is 15.6. The van der Waals surface area contributed by atoms with Gasteiger partial charge in [-0.25, -0.2) is 0 Å². The summed E-state index contributed by atoms with van der Waals surface area (Å²) in [6.45, 7) is 0. The summed E-state index contributed by atoms with van der Waals surface area (Å²) in [6.07, 6.45) is 1.63. The van der Waals surface area contributed by atoms with Crippen molar-refractivity contribution in [2.75, 3.05) is 5.84 Å². The van der Waals surface area contributed by atoms with Crippen LogP contribution in [0.5, 0.6) is 0 Å². The Labute approximate surface area is 69.6 Å². The fourth-order valence-corrected chi connectivity index (χ4v) is 1.02. The second kappa shape index (κ2) is 2.65. The van der Waals surface area contributed by atoms with Crippen molar-refractivity contribution in [3.63, 3.8) is 0 Å². The molecule has 1 aromatic heterocycles. The molecular weight excluding hydrogens is 152 g/mol. The van der Waals surface area contributed by atoms with Crippen LogP contribution in [0.1, 0.15) is 0 Å². The molecule has 60 valence electrons. The summed E-state index contributed by atoms with van der Waals surface area (Å²) >= 11 is 0. The van der Waals surface area contributed by atoms with Gasteiger partial charge in [0.05, 0.1) is 6.20 Å². The third kappa shape index (κ3) is 1.14. The number of aromatic nitrogens is 3. The van der Waals surface area contributed by atoms with Gasteiger partial charge in [0.25, 0.3) is 0 Å². The maximum atomic E-state index is 5.31. The van der Waals surface area contributed by atoms with E-state index in [2.05, 4.69) is 10.2 Å². The first kappa shape index (κ1) is 6.84. The molecule has 0 radical (unpaired) electrons. The fraction of sp³-hybridized carbons (Fsp3) is 0. The van der Waals surface area contributed by atoms with E-state index in [1.807, 2.05) is 30.3 Å². The summed E-state index contributed by atoms with van der Waals surface area (Å²) in [7, 11) is 0. The molecule has 0 unspecified atom stereocenters. The van der Waals surface area contributed by atoms with Crippen molar-refractivity contribution < 1.29 is 0 Å². The van der Waals surface area contributed by atoms with Crippen LogP contribution >= 0.6 is 0 Å².